The lowest BCUT2D eigenvalue weighted by Crippen LogP contribution is -2.24. The first-order valence-electron chi connectivity index (χ1n) is 9.37. The number of anilines is 1. The van der Waals surface area contributed by atoms with Gasteiger partial charge in [0.1, 0.15) is 22.1 Å². The monoisotopic (exact) mass is 451 g/mol. The molecule has 0 aliphatic heterocycles. The fourth-order valence-corrected chi connectivity index (χ4v) is 4.89. The summed E-state index contributed by atoms with van der Waals surface area (Å²) < 4.78 is 34.4. The molecule has 0 radical (unpaired) electrons. The van der Waals surface area contributed by atoms with Crippen molar-refractivity contribution in [1.82, 2.24) is 0 Å². The predicted octanol–water partition coefficient (Wildman–Crippen LogP) is 3.84. The highest BCUT2D eigenvalue weighted by molar-refractivity contribution is 7.92. The molecule has 1 aromatic carbocycles. The summed E-state index contributed by atoms with van der Waals surface area (Å²) in [5.74, 6) is -1.60. The molecule has 2 aromatic rings. The van der Waals surface area contributed by atoms with Gasteiger partial charge < -0.3 is 14.8 Å². The van der Waals surface area contributed by atoms with Gasteiger partial charge in [0.25, 0.3) is 0 Å². The standard InChI is InChI=1S/C21H25NO6S2/c1-5-12-30(25,26)13-17(23)22-20-19(21(24)28-7-3)18(14(4)29-20)15-8-10-16(11-9-15)27-6-2/h5,8-11H,1,6-7,12-13H2,2-4H3,(H,22,23). The molecule has 0 saturated heterocycles. The number of esters is 1. The second-order valence-electron chi connectivity index (χ2n) is 6.31. The van der Waals surface area contributed by atoms with Gasteiger partial charge in [0.15, 0.2) is 9.84 Å². The van der Waals surface area contributed by atoms with Gasteiger partial charge in [0.2, 0.25) is 5.91 Å². The Bertz CT molecular complexity index is 1020. The molecular formula is C21H25NO6S2. The van der Waals surface area contributed by atoms with Gasteiger partial charge in [-0.3, -0.25) is 4.79 Å². The molecule has 0 aliphatic carbocycles. The summed E-state index contributed by atoms with van der Waals surface area (Å²) in [7, 11) is -3.62. The summed E-state index contributed by atoms with van der Waals surface area (Å²) in [5.41, 5.74) is 1.60. The van der Waals surface area contributed by atoms with Gasteiger partial charge in [-0.1, -0.05) is 18.2 Å². The van der Waals surface area contributed by atoms with Crippen molar-refractivity contribution < 1.29 is 27.5 Å². The first-order chi connectivity index (χ1) is 14.2. The topological polar surface area (TPSA) is 98.8 Å². The number of sulfone groups is 1. The van der Waals surface area contributed by atoms with Crippen LogP contribution in [0.5, 0.6) is 5.75 Å². The van der Waals surface area contributed by atoms with Crippen LogP contribution in [-0.4, -0.2) is 45.0 Å². The van der Waals surface area contributed by atoms with Crippen LogP contribution in [0, 0.1) is 6.92 Å². The first-order valence-corrected chi connectivity index (χ1v) is 12.0. The summed E-state index contributed by atoms with van der Waals surface area (Å²) in [5, 5.41) is 2.83. The van der Waals surface area contributed by atoms with Crippen LogP contribution < -0.4 is 10.1 Å². The Morgan fingerprint density at radius 2 is 1.83 bits per heavy atom. The third-order valence-corrected chi connectivity index (χ3v) is 6.46. The maximum absolute atomic E-state index is 12.7. The minimum absolute atomic E-state index is 0.164. The Balaban J connectivity index is 2.44. The molecule has 162 valence electrons. The van der Waals surface area contributed by atoms with Crippen molar-refractivity contribution in [2.75, 3.05) is 30.0 Å². The van der Waals surface area contributed by atoms with Crippen LogP contribution in [0.25, 0.3) is 11.1 Å². The van der Waals surface area contributed by atoms with Crippen LogP contribution in [-0.2, 0) is 19.4 Å². The molecule has 0 unspecified atom stereocenters. The molecule has 0 bridgehead atoms. The Morgan fingerprint density at radius 3 is 2.40 bits per heavy atom. The van der Waals surface area contributed by atoms with E-state index in [9.17, 15) is 18.0 Å². The summed E-state index contributed by atoms with van der Waals surface area (Å²) in [6, 6.07) is 7.24. The zero-order chi connectivity index (χ0) is 22.3. The SMILES string of the molecule is C=CCS(=O)(=O)CC(=O)Nc1sc(C)c(-c2ccc(OCC)cc2)c1C(=O)OCC. The molecule has 1 N–H and O–H groups in total. The normalized spacial score (nSPS) is 11.0. The van der Waals surface area contributed by atoms with Gasteiger partial charge in [-0.2, -0.15) is 0 Å². The van der Waals surface area contributed by atoms with E-state index in [1.54, 1.807) is 19.1 Å². The van der Waals surface area contributed by atoms with Crippen molar-refractivity contribution in [2.45, 2.75) is 20.8 Å². The number of carbonyl (C=O) groups excluding carboxylic acids is 2. The number of aryl methyl sites for hydroxylation is 1. The molecule has 1 aromatic heterocycles. The third kappa shape index (κ3) is 5.93. The molecule has 1 amide bonds. The van der Waals surface area contributed by atoms with Crippen LogP contribution in [0.15, 0.2) is 36.9 Å². The Kier molecular flexibility index (Phi) is 8.19. The van der Waals surface area contributed by atoms with Crippen LogP contribution in [0.1, 0.15) is 29.1 Å². The molecule has 0 atom stereocenters. The number of carbonyl (C=O) groups is 2. The second-order valence-corrected chi connectivity index (χ2v) is 9.64. The smallest absolute Gasteiger partial charge is 0.341 e. The first kappa shape index (κ1) is 23.6. The number of thiophene rings is 1. The van der Waals surface area contributed by atoms with E-state index in [-0.39, 0.29) is 22.9 Å². The lowest BCUT2D eigenvalue weighted by atomic mass is 10.0. The van der Waals surface area contributed by atoms with E-state index in [1.165, 1.54) is 17.4 Å². The summed E-state index contributed by atoms with van der Waals surface area (Å²) in [6.07, 6.45) is 1.23. The number of nitrogens with one attached hydrogen (secondary N) is 1. The molecule has 30 heavy (non-hydrogen) atoms. The summed E-state index contributed by atoms with van der Waals surface area (Å²) in [6.45, 7) is 9.48. The highest BCUT2D eigenvalue weighted by Crippen LogP contribution is 2.40. The van der Waals surface area contributed by atoms with Gasteiger partial charge in [-0.25, -0.2) is 13.2 Å². The lowest BCUT2D eigenvalue weighted by molar-refractivity contribution is -0.113. The average molecular weight is 452 g/mol. The number of hydrogen-bond acceptors (Lipinski definition) is 7. The van der Waals surface area contributed by atoms with E-state index in [2.05, 4.69) is 11.9 Å². The number of ether oxygens (including phenoxy) is 2. The Hall–Kier alpha value is -2.65. The zero-order valence-corrected chi connectivity index (χ0v) is 18.8. The van der Waals surface area contributed by atoms with Crippen LogP contribution >= 0.6 is 11.3 Å². The van der Waals surface area contributed by atoms with Crippen molar-refractivity contribution in [2.24, 2.45) is 0 Å². The van der Waals surface area contributed by atoms with Gasteiger partial charge in [0, 0.05) is 10.4 Å². The fraction of sp³-hybridized carbons (Fsp3) is 0.333. The maximum Gasteiger partial charge on any atom is 0.341 e. The molecule has 1 heterocycles. The van der Waals surface area contributed by atoms with E-state index < -0.39 is 27.5 Å². The van der Waals surface area contributed by atoms with Crippen molar-refractivity contribution in [3.63, 3.8) is 0 Å². The number of amides is 1. The number of benzene rings is 1. The van der Waals surface area contributed by atoms with E-state index in [1.807, 2.05) is 26.0 Å². The highest BCUT2D eigenvalue weighted by atomic mass is 32.2. The molecule has 0 aliphatic rings. The molecule has 0 spiro atoms. The van der Waals surface area contributed by atoms with E-state index in [4.69, 9.17) is 9.47 Å². The fourth-order valence-electron chi connectivity index (χ4n) is 2.86. The average Bonchev–Trinajstić information content (AvgIpc) is 2.97. The lowest BCUT2D eigenvalue weighted by Gasteiger charge is -2.10. The van der Waals surface area contributed by atoms with Gasteiger partial charge in [-0.05, 0) is 38.5 Å². The van der Waals surface area contributed by atoms with E-state index >= 15 is 0 Å². The minimum Gasteiger partial charge on any atom is -0.494 e. The summed E-state index contributed by atoms with van der Waals surface area (Å²) >= 11 is 1.19. The van der Waals surface area contributed by atoms with Crippen molar-refractivity contribution in [3.8, 4) is 16.9 Å². The molecule has 2 rings (SSSR count). The minimum atomic E-state index is -3.62. The molecule has 9 heteroatoms. The van der Waals surface area contributed by atoms with E-state index in [0.717, 1.165) is 10.4 Å². The highest BCUT2D eigenvalue weighted by Gasteiger charge is 2.26. The largest absolute Gasteiger partial charge is 0.494 e. The maximum atomic E-state index is 12.7. The quantitative estimate of drug-likeness (QED) is 0.435. The third-order valence-electron chi connectivity index (χ3n) is 3.99. The van der Waals surface area contributed by atoms with Crippen molar-refractivity contribution in [3.05, 3.63) is 47.4 Å². The summed E-state index contributed by atoms with van der Waals surface area (Å²) in [4.78, 5) is 25.8. The number of hydrogen-bond donors (Lipinski definition) is 1. The van der Waals surface area contributed by atoms with Gasteiger partial charge in [0.05, 0.1) is 19.0 Å². The van der Waals surface area contributed by atoms with Crippen LogP contribution in [0.3, 0.4) is 0 Å². The number of rotatable bonds is 10. The van der Waals surface area contributed by atoms with Crippen molar-refractivity contribution in [1.29, 1.82) is 0 Å². The second kappa shape index (κ2) is 10.4. The Labute approximate surface area is 180 Å². The van der Waals surface area contributed by atoms with Gasteiger partial charge in [-0.15, -0.1) is 17.9 Å². The van der Waals surface area contributed by atoms with E-state index in [0.29, 0.717) is 17.9 Å². The van der Waals surface area contributed by atoms with Crippen molar-refractivity contribution >= 4 is 38.1 Å². The molecule has 0 saturated carbocycles. The van der Waals surface area contributed by atoms with Gasteiger partial charge >= 0.3 is 5.97 Å². The molecule has 0 fully saturated rings. The zero-order valence-electron chi connectivity index (χ0n) is 17.2. The molecular weight excluding hydrogens is 426 g/mol. The predicted molar refractivity (Wildman–Crippen MR) is 119 cm³/mol. The van der Waals surface area contributed by atoms with Crippen LogP contribution in [0.4, 0.5) is 5.00 Å². The van der Waals surface area contributed by atoms with Crippen LogP contribution in [0.2, 0.25) is 0 Å². The Morgan fingerprint density at radius 1 is 1.17 bits per heavy atom. The molecule has 7 nitrogen and oxygen atoms in total.